The number of aromatic nitrogens is 5. The van der Waals surface area contributed by atoms with Gasteiger partial charge in [-0.2, -0.15) is 0 Å². The van der Waals surface area contributed by atoms with Crippen LogP contribution in [0.4, 0.5) is 5.82 Å². The van der Waals surface area contributed by atoms with Gasteiger partial charge in [-0.15, -0.1) is 5.10 Å². The lowest BCUT2D eigenvalue weighted by molar-refractivity contribution is 0.281. The van der Waals surface area contributed by atoms with Gasteiger partial charge in [-0.25, -0.2) is 14.6 Å². The predicted molar refractivity (Wildman–Crippen MR) is 105 cm³/mol. The molecule has 0 unspecified atom stereocenters. The summed E-state index contributed by atoms with van der Waals surface area (Å²) in [5, 5.41) is 12.3. The zero-order valence-corrected chi connectivity index (χ0v) is 16.4. The van der Waals surface area contributed by atoms with Gasteiger partial charge < -0.3 is 10.2 Å². The third kappa shape index (κ3) is 4.44. The van der Waals surface area contributed by atoms with Crippen molar-refractivity contribution in [3.8, 4) is 0 Å². The van der Waals surface area contributed by atoms with Crippen molar-refractivity contribution < 1.29 is 0 Å². The molecule has 2 aromatic rings. The molecule has 2 saturated heterocycles. The standard InChI is InChI=1S/C19H30N8/c1-15-12-21-16(2)22-19(15)26-9-4-18(5-10-26)27-14-17(23-24-27)13-25-8-3-6-20-7-11-25/h12,14,18,20H,3-11,13H2,1-2H3. The van der Waals surface area contributed by atoms with E-state index in [1.165, 1.54) is 6.42 Å². The summed E-state index contributed by atoms with van der Waals surface area (Å²) in [7, 11) is 0. The molecular formula is C19H30N8. The van der Waals surface area contributed by atoms with Crippen LogP contribution in [0.25, 0.3) is 0 Å². The first-order valence-corrected chi connectivity index (χ1v) is 10.1. The largest absolute Gasteiger partial charge is 0.356 e. The maximum absolute atomic E-state index is 4.64. The predicted octanol–water partition coefficient (Wildman–Crippen LogP) is 1.32. The molecule has 0 bridgehead atoms. The molecule has 0 spiro atoms. The first-order valence-electron chi connectivity index (χ1n) is 10.1. The van der Waals surface area contributed by atoms with Gasteiger partial charge in [0.25, 0.3) is 0 Å². The van der Waals surface area contributed by atoms with Gasteiger partial charge >= 0.3 is 0 Å². The highest BCUT2D eigenvalue weighted by molar-refractivity contribution is 5.45. The third-order valence-corrected chi connectivity index (χ3v) is 5.58. The topological polar surface area (TPSA) is 75.0 Å². The van der Waals surface area contributed by atoms with Gasteiger partial charge in [-0.05, 0) is 46.2 Å². The molecule has 0 saturated carbocycles. The van der Waals surface area contributed by atoms with E-state index in [0.717, 1.165) is 81.6 Å². The molecule has 2 aliphatic rings. The minimum atomic E-state index is 0.427. The van der Waals surface area contributed by atoms with E-state index < -0.39 is 0 Å². The van der Waals surface area contributed by atoms with Crippen LogP contribution in [-0.2, 0) is 6.54 Å². The smallest absolute Gasteiger partial charge is 0.135 e. The van der Waals surface area contributed by atoms with Crippen molar-refractivity contribution in [1.29, 1.82) is 0 Å². The van der Waals surface area contributed by atoms with Crippen molar-refractivity contribution in [1.82, 2.24) is 35.2 Å². The normalized spacial score (nSPS) is 20.0. The molecule has 4 heterocycles. The van der Waals surface area contributed by atoms with Gasteiger partial charge in [0, 0.05) is 44.5 Å². The van der Waals surface area contributed by atoms with E-state index in [2.05, 4.69) is 53.2 Å². The molecule has 0 aromatic carbocycles. The Morgan fingerprint density at radius 1 is 1.11 bits per heavy atom. The Labute approximate surface area is 161 Å². The molecule has 0 aliphatic carbocycles. The molecule has 27 heavy (non-hydrogen) atoms. The highest BCUT2D eigenvalue weighted by atomic mass is 15.4. The van der Waals surface area contributed by atoms with Gasteiger partial charge in [0.05, 0.1) is 17.9 Å². The quantitative estimate of drug-likeness (QED) is 0.870. The summed E-state index contributed by atoms with van der Waals surface area (Å²) in [6, 6.07) is 0.427. The molecule has 0 radical (unpaired) electrons. The van der Waals surface area contributed by atoms with E-state index in [-0.39, 0.29) is 0 Å². The lowest BCUT2D eigenvalue weighted by atomic mass is 10.0. The summed E-state index contributed by atoms with van der Waals surface area (Å²) in [5.41, 5.74) is 2.23. The number of hydrogen-bond acceptors (Lipinski definition) is 7. The van der Waals surface area contributed by atoms with Gasteiger partial charge in [-0.1, -0.05) is 5.21 Å². The fourth-order valence-corrected chi connectivity index (χ4v) is 4.03. The number of aryl methyl sites for hydroxylation is 2. The van der Waals surface area contributed by atoms with Crippen LogP contribution in [0, 0.1) is 13.8 Å². The Bertz CT molecular complexity index is 742. The average molecular weight is 371 g/mol. The minimum absolute atomic E-state index is 0.427. The molecule has 2 aromatic heterocycles. The van der Waals surface area contributed by atoms with Gasteiger partial charge in [0.1, 0.15) is 11.6 Å². The van der Waals surface area contributed by atoms with E-state index >= 15 is 0 Å². The number of nitrogens with zero attached hydrogens (tertiary/aromatic N) is 7. The molecule has 2 aliphatic heterocycles. The Morgan fingerprint density at radius 2 is 1.96 bits per heavy atom. The van der Waals surface area contributed by atoms with Crippen molar-refractivity contribution in [2.75, 3.05) is 44.2 Å². The maximum Gasteiger partial charge on any atom is 0.135 e. The Balaban J connectivity index is 1.34. The van der Waals surface area contributed by atoms with E-state index in [1.807, 2.05) is 13.1 Å². The van der Waals surface area contributed by atoms with Crippen molar-refractivity contribution >= 4 is 5.82 Å². The SMILES string of the molecule is Cc1ncc(C)c(N2CCC(n3cc(CN4CCCNCC4)nn3)CC2)n1. The van der Waals surface area contributed by atoms with Crippen molar-refractivity contribution in [2.45, 2.75) is 45.7 Å². The van der Waals surface area contributed by atoms with Crippen molar-refractivity contribution in [3.05, 3.63) is 29.5 Å². The monoisotopic (exact) mass is 370 g/mol. The first kappa shape index (κ1) is 18.3. The average Bonchev–Trinajstić information content (AvgIpc) is 2.99. The van der Waals surface area contributed by atoms with Crippen LogP contribution in [0.5, 0.6) is 0 Å². The second-order valence-electron chi connectivity index (χ2n) is 7.71. The van der Waals surface area contributed by atoms with Crippen LogP contribution in [0.1, 0.15) is 42.4 Å². The van der Waals surface area contributed by atoms with Gasteiger partial charge in [0.15, 0.2) is 0 Å². The van der Waals surface area contributed by atoms with E-state index in [4.69, 9.17) is 0 Å². The van der Waals surface area contributed by atoms with Crippen molar-refractivity contribution in [2.24, 2.45) is 0 Å². The fraction of sp³-hybridized carbons (Fsp3) is 0.684. The lowest BCUT2D eigenvalue weighted by Crippen LogP contribution is -2.36. The summed E-state index contributed by atoms with van der Waals surface area (Å²) in [6.07, 6.45) is 7.41. The summed E-state index contributed by atoms with van der Waals surface area (Å²) in [6.45, 7) is 11.3. The summed E-state index contributed by atoms with van der Waals surface area (Å²) >= 11 is 0. The number of anilines is 1. The van der Waals surface area contributed by atoms with Crippen LogP contribution in [-0.4, -0.2) is 69.1 Å². The number of rotatable bonds is 4. The molecule has 8 heteroatoms. The van der Waals surface area contributed by atoms with Crippen molar-refractivity contribution in [3.63, 3.8) is 0 Å². The molecular weight excluding hydrogens is 340 g/mol. The Hall–Kier alpha value is -2.06. The van der Waals surface area contributed by atoms with Crippen LogP contribution in [0.3, 0.4) is 0 Å². The number of nitrogens with one attached hydrogen (secondary N) is 1. The number of piperidine rings is 1. The second kappa shape index (κ2) is 8.31. The summed E-state index contributed by atoms with van der Waals surface area (Å²) in [4.78, 5) is 13.8. The summed E-state index contributed by atoms with van der Waals surface area (Å²) in [5.74, 6) is 1.91. The van der Waals surface area contributed by atoms with Crippen LogP contribution >= 0.6 is 0 Å². The molecule has 2 fully saturated rings. The lowest BCUT2D eigenvalue weighted by Gasteiger charge is -2.33. The fourth-order valence-electron chi connectivity index (χ4n) is 4.03. The maximum atomic E-state index is 4.64. The Morgan fingerprint density at radius 3 is 2.81 bits per heavy atom. The van der Waals surface area contributed by atoms with E-state index in [0.29, 0.717) is 6.04 Å². The van der Waals surface area contributed by atoms with Crippen LogP contribution in [0.15, 0.2) is 12.4 Å². The molecule has 0 atom stereocenters. The molecule has 4 rings (SSSR count). The van der Waals surface area contributed by atoms with Gasteiger partial charge in [-0.3, -0.25) is 4.90 Å². The third-order valence-electron chi connectivity index (χ3n) is 5.58. The first-order chi connectivity index (χ1) is 13.2. The highest BCUT2D eigenvalue weighted by Crippen LogP contribution is 2.26. The number of hydrogen-bond donors (Lipinski definition) is 1. The minimum Gasteiger partial charge on any atom is -0.356 e. The van der Waals surface area contributed by atoms with Crippen LogP contribution < -0.4 is 10.2 Å². The summed E-state index contributed by atoms with van der Waals surface area (Å²) < 4.78 is 2.08. The molecule has 146 valence electrons. The molecule has 0 amide bonds. The van der Waals surface area contributed by atoms with E-state index in [9.17, 15) is 0 Å². The van der Waals surface area contributed by atoms with E-state index in [1.54, 1.807) is 0 Å². The van der Waals surface area contributed by atoms with Gasteiger partial charge in [0.2, 0.25) is 0 Å². The molecule has 1 N–H and O–H groups in total. The molecule has 8 nitrogen and oxygen atoms in total. The Kier molecular flexibility index (Phi) is 5.63. The second-order valence-corrected chi connectivity index (χ2v) is 7.71. The zero-order chi connectivity index (χ0) is 18.6. The highest BCUT2D eigenvalue weighted by Gasteiger charge is 2.24. The zero-order valence-electron chi connectivity index (χ0n) is 16.4. The van der Waals surface area contributed by atoms with Crippen LogP contribution in [0.2, 0.25) is 0 Å².